The number of ether oxygens (including phenoxy) is 1. The predicted molar refractivity (Wildman–Crippen MR) is 333 cm³/mol. The number of anilines is 3. The molecule has 428 valence electrons. The van der Waals surface area contributed by atoms with Crippen molar-refractivity contribution in [3.8, 4) is 28.0 Å². The van der Waals surface area contributed by atoms with Gasteiger partial charge in [-0.1, -0.05) is 132 Å². The molecule has 0 fully saturated rings. The monoisotopic (exact) mass is 1220 g/mol. The first kappa shape index (κ1) is 60.0. The van der Waals surface area contributed by atoms with Crippen LogP contribution in [0.4, 0.5) is 17.1 Å². The van der Waals surface area contributed by atoms with E-state index in [1.165, 1.54) is 0 Å². The number of fused-ring (bicyclic) bond motifs is 4. The number of hydrogen-bond acceptors (Lipinski definition) is 9. The fourth-order valence-electron chi connectivity index (χ4n) is 10.5. The van der Waals surface area contributed by atoms with E-state index in [0.717, 1.165) is 99.3 Å². The molecule has 10 rings (SSSR count). The summed E-state index contributed by atoms with van der Waals surface area (Å²) in [5.74, 6) is 3.00. The van der Waals surface area contributed by atoms with Gasteiger partial charge >= 0.3 is 5.89 Å². The lowest BCUT2D eigenvalue weighted by Gasteiger charge is -2.23. The van der Waals surface area contributed by atoms with E-state index in [1.807, 2.05) is 150 Å². The minimum atomic E-state index is -4.15. The first-order valence-corrected chi connectivity index (χ1v) is 31.9. The number of halogens is 4. The Morgan fingerprint density at radius 3 is 1.78 bits per heavy atom. The summed E-state index contributed by atoms with van der Waals surface area (Å²) in [5.41, 5.74) is 11.3. The van der Waals surface area contributed by atoms with Crippen molar-refractivity contribution >= 4 is 118 Å². The normalized spacial score (nSPS) is 14.1. The lowest BCUT2D eigenvalue weighted by molar-refractivity contribution is -0.677. The number of hydrogen-bond donors (Lipinski definition) is 2. The van der Waals surface area contributed by atoms with Crippen LogP contribution in [0.15, 0.2) is 161 Å². The van der Waals surface area contributed by atoms with Crippen LogP contribution in [0.2, 0.25) is 20.1 Å². The highest BCUT2D eigenvalue weighted by Crippen LogP contribution is 2.46. The molecule has 2 aliphatic heterocycles. The second-order valence-corrected chi connectivity index (χ2v) is 24.3. The largest absolute Gasteiger partial charge is 0.439 e. The van der Waals surface area contributed by atoms with Crippen LogP contribution in [0.1, 0.15) is 65.6 Å². The Balaban J connectivity index is 0.000000213. The van der Waals surface area contributed by atoms with Gasteiger partial charge in [-0.25, -0.2) is 9.13 Å². The van der Waals surface area contributed by atoms with Crippen LogP contribution < -0.4 is 28.6 Å². The smallest absolute Gasteiger partial charge is 0.374 e. The van der Waals surface area contributed by atoms with Crippen LogP contribution in [0.5, 0.6) is 5.75 Å². The summed E-state index contributed by atoms with van der Waals surface area (Å²) in [6, 6.07) is 39.3. The van der Waals surface area contributed by atoms with Crippen LogP contribution in [0.25, 0.3) is 56.5 Å². The maximum absolute atomic E-state index is 11.6. The summed E-state index contributed by atoms with van der Waals surface area (Å²) < 4.78 is 84.1. The van der Waals surface area contributed by atoms with Crippen molar-refractivity contribution in [2.45, 2.75) is 73.5 Å². The standard InChI is InChI=1S/C37H36N2O8S2.C25H27Cl4N4/c1-2-27(23-36-38(19-9-21-48(40,41)42)32-25-30(15-17-34(32)46-36)28-11-5-3-6-12-28)24-37-39(20-10-22-49(43,44)45)33-26-31(16-18-35(33)47-37)29-13-7-4-8-14-29;1-5-30-20-12-16(26)17(27)13-21(20)31(6-2)24(30)10-9-11-25-32(7-3)22-14-18(28)19(29)15-23(22)33(25)8-4/h3-8,11-18,23-26H,2,9-10,19-22H2,1H3,(H-,40,41,42,43,44,45);9-15H,5-8H2,1-4H3/q;+1/p+1. The molecule has 20 heteroatoms. The van der Waals surface area contributed by atoms with E-state index in [0.29, 0.717) is 49.6 Å². The Kier molecular flexibility index (Phi) is 19.0. The molecule has 0 radical (unpaired) electrons. The van der Waals surface area contributed by atoms with Crippen LogP contribution in [-0.2, 0) is 39.9 Å². The predicted octanol–water partition coefficient (Wildman–Crippen LogP) is 14.9. The lowest BCUT2D eigenvalue weighted by atomic mass is 10.0. The van der Waals surface area contributed by atoms with Crippen molar-refractivity contribution in [3.05, 3.63) is 189 Å². The molecule has 0 spiro atoms. The zero-order chi connectivity index (χ0) is 58.5. The average Bonchev–Trinajstić information content (AvgIpc) is 4.21. The highest BCUT2D eigenvalue weighted by atomic mass is 35.5. The summed E-state index contributed by atoms with van der Waals surface area (Å²) in [7, 11) is -8.31. The molecule has 0 unspecified atom stereocenters. The molecule has 2 aromatic heterocycles. The molecule has 0 atom stereocenters. The van der Waals surface area contributed by atoms with Crippen molar-refractivity contribution < 1.29 is 44.2 Å². The molecule has 2 N–H and O–H groups in total. The maximum Gasteiger partial charge on any atom is 0.374 e. The SMILES string of the molecule is CCC(/C=C1\Oc2ccc(-c3ccccc3)cc2N1CCCS(=O)(=O)O)=C\c1oc2ccc(-c3ccccc3)cc2[n+]1CCCS(=O)(=O)O.CCN1C(=C/C=C/c2n(CC)c3cc(Cl)c(Cl)cc3[n+]2CC)N(CC)c2cc(Cl)c(Cl)cc21. The second kappa shape index (κ2) is 25.9. The topological polar surface area (TPSA) is 154 Å². The van der Waals surface area contributed by atoms with Crippen molar-refractivity contribution in [2.24, 2.45) is 0 Å². The number of aryl methyl sites for hydroxylation is 3. The van der Waals surface area contributed by atoms with Crippen LogP contribution in [-0.4, -0.2) is 61.6 Å². The third-order valence-electron chi connectivity index (χ3n) is 14.3. The van der Waals surface area contributed by atoms with Crippen molar-refractivity contribution in [3.63, 3.8) is 0 Å². The van der Waals surface area contributed by atoms with Gasteiger partial charge in [0.1, 0.15) is 5.82 Å². The van der Waals surface area contributed by atoms with Crippen LogP contribution >= 0.6 is 46.4 Å². The summed E-state index contributed by atoms with van der Waals surface area (Å²) >= 11 is 25.3. The zero-order valence-electron chi connectivity index (χ0n) is 46.1. The van der Waals surface area contributed by atoms with Gasteiger partial charge in [-0.05, 0) is 105 Å². The van der Waals surface area contributed by atoms with Gasteiger partial charge in [-0.3, -0.25) is 9.11 Å². The third kappa shape index (κ3) is 13.4. The minimum absolute atomic E-state index is 0.167. The van der Waals surface area contributed by atoms with E-state index in [9.17, 15) is 25.9 Å². The molecular weight excluding hydrogens is 1160 g/mol. The molecule has 0 bridgehead atoms. The molecule has 8 aromatic rings. The Hall–Kier alpha value is -6.60. The Bertz CT molecular complexity index is 3950. The van der Waals surface area contributed by atoms with E-state index in [2.05, 4.69) is 64.9 Å². The number of benzene rings is 6. The van der Waals surface area contributed by atoms with E-state index in [1.54, 1.807) is 0 Å². The van der Waals surface area contributed by atoms with E-state index in [4.69, 9.17) is 55.6 Å². The van der Waals surface area contributed by atoms with Gasteiger partial charge in [0.2, 0.25) is 11.5 Å². The number of aromatic nitrogens is 3. The summed E-state index contributed by atoms with van der Waals surface area (Å²) in [4.78, 5) is 6.42. The Labute approximate surface area is 499 Å². The molecule has 0 saturated heterocycles. The van der Waals surface area contributed by atoms with Crippen LogP contribution in [0, 0.1) is 0 Å². The summed E-state index contributed by atoms with van der Waals surface area (Å²) in [5, 5.41) is 2.26. The van der Waals surface area contributed by atoms with E-state index in [-0.39, 0.29) is 25.9 Å². The average molecular weight is 1230 g/mol. The second-order valence-electron chi connectivity index (χ2n) is 19.5. The summed E-state index contributed by atoms with van der Waals surface area (Å²) in [6.45, 7) is 14.4. The van der Waals surface area contributed by atoms with Gasteiger partial charge < -0.3 is 23.9 Å². The molecule has 0 aliphatic carbocycles. The van der Waals surface area contributed by atoms with Crippen molar-refractivity contribution in [1.82, 2.24) is 4.57 Å². The van der Waals surface area contributed by atoms with E-state index >= 15 is 0 Å². The molecular formula is C62H64Cl4N6O8S2+2. The van der Waals surface area contributed by atoms with Gasteiger partial charge in [0, 0.05) is 56.4 Å². The van der Waals surface area contributed by atoms with Crippen LogP contribution in [0.3, 0.4) is 0 Å². The highest BCUT2D eigenvalue weighted by molar-refractivity contribution is 7.86. The molecule has 0 amide bonds. The fourth-order valence-corrected chi connectivity index (χ4v) is 12.1. The molecule has 0 saturated carbocycles. The molecule has 6 aromatic carbocycles. The number of oxazole rings is 1. The molecule has 14 nitrogen and oxygen atoms in total. The van der Waals surface area contributed by atoms with Gasteiger partial charge in [-0.15, -0.1) is 0 Å². The highest BCUT2D eigenvalue weighted by Gasteiger charge is 2.32. The number of nitrogens with zero attached hydrogens (tertiary/aromatic N) is 6. The van der Waals surface area contributed by atoms with Crippen molar-refractivity contribution in [1.29, 1.82) is 0 Å². The number of imidazole rings is 1. The van der Waals surface area contributed by atoms with Gasteiger partial charge in [-0.2, -0.15) is 21.4 Å². The number of rotatable bonds is 19. The zero-order valence-corrected chi connectivity index (χ0v) is 50.7. The molecule has 4 heterocycles. The first-order chi connectivity index (χ1) is 39.3. The first-order valence-electron chi connectivity index (χ1n) is 27.2. The Morgan fingerprint density at radius 2 is 1.20 bits per heavy atom. The molecule has 82 heavy (non-hydrogen) atoms. The maximum atomic E-state index is 11.6. The van der Waals surface area contributed by atoms with Gasteiger partial charge in [0.25, 0.3) is 31.6 Å². The quantitative estimate of drug-likeness (QED) is 0.0587. The molecule has 2 aliphatic rings. The van der Waals surface area contributed by atoms with Gasteiger partial charge in [0.15, 0.2) is 23.3 Å². The lowest BCUT2D eigenvalue weighted by Crippen LogP contribution is -2.36. The third-order valence-corrected chi connectivity index (χ3v) is 17.4. The number of allylic oxidation sites excluding steroid dienone is 4. The fraction of sp³-hybridized carbons (Fsp3) is 0.258. The van der Waals surface area contributed by atoms with Crippen molar-refractivity contribution in [2.75, 3.05) is 45.8 Å². The van der Waals surface area contributed by atoms with E-state index < -0.39 is 31.7 Å². The minimum Gasteiger partial charge on any atom is -0.439 e. The Morgan fingerprint density at radius 1 is 0.610 bits per heavy atom. The summed E-state index contributed by atoms with van der Waals surface area (Å²) in [6.07, 6.45) is 11.1. The van der Waals surface area contributed by atoms with Gasteiger partial charge in [0.05, 0.1) is 67.8 Å².